The van der Waals surface area contributed by atoms with E-state index in [-0.39, 0.29) is 0 Å². The fraction of sp³-hybridized carbons (Fsp3) is 0.500. The molecule has 0 atom stereocenters. The largest absolute Gasteiger partial charge is 0.115 e. The number of rotatable bonds is 5. The molecule has 0 aliphatic heterocycles. The minimum absolute atomic E-state index is 0.509. The Kier molecular flexibility index (Phi) is 6.56. The van der Waals surface area contributed by atoms with E-state index in [4.69, 9.17) is 46.4 Å². The molecule has 0 fully saturated rings. The third-order valence-corrected chi connectivity index (χ3v) is 5.82. The Hall–Kier alpha value is -0.400. The number of hydrogen-bond donors (Lipinski definition) is 0. The van der Waals surface area contributed by atoms with E-state index in [1.54, 1.807) is 0 Å². The summed E-state index contributed by atoms with van der Waals surface area (Å²) in [5, 5.41) is 0. The summed E-state index contributed by atoms with van der Waals surface area (Å²) < 4.78 is 0. The highest BCUT2D eigenvalue weighted by atomic mass is 35.5. The second kappa shape index (κ2) is 7.69. The lowest BCUT2D eigenvalue weighted by atomic mass is 9.87. The summed E-state index contributed by atoms with van der Waals surface area (Å²) in [5.74, 6) is 0. The number of halogens is 4. The van der Waals surface area contributed by atoms with Gasteiger partial charge in [-0.2, -0.15) is 0 Å². The molecule has 0 N–H and O–H groups in total. The molecule has 0 saturated carbocycles. The second-order valence-corrected chi connectivity index (χ2v) is 13.3. The van der Waals surface area contributed by atoms with Gasteiger partial charge in [0.25, 0.3) is 0 Å². The van der Waals surface area contributed by atoms with Crippen LogP contribution in [0.2, 0.25) is 0 Å². The van der Waals surface area contributed by atoms with Crippen LogP contribution in [0.3, 0.4) is 0 Å². The van der Waals surface area contributed by atoms with Crippen molar-refractivity contribution in [3.8, 4) is 11.1 Å². The SMILES string of the molecule is CC(C)(Cl)c1cc(-c2cc(C(C)(C)Cl)cc(C(C)(C)Cl)c2)cc(C(C)(C)Cl)c1. The zero-order valence-corrected chi connectivity index (χ0v) is 21.0. The van der Waals surface area contributed by atoms with Crippen molar-refractivity contribution in [3.05, 3.63) is 58.7 Å². The topological polar surface area (TPSA) is 0 Å². The van der Waals surface area contributed by atoms with Crippen molar-refractivity contribution < 1.29 is 0 Å². The second-order valence-electron chi connectivity index (χ2n) is 9.49. The molecule has 0 saturated heterocycles. The highest BCUT2D eigenvalue weighted by Gasteiger charge is 2.26. The number of benzene rings is 2. The smallest absolute Gasteiger partial charge is 0.0639 e. The fourth-order valence-electron chi connectivity index (χ4n) is 2.96. The van der Waals surface area contributed by atoms with Gasteiger partial charge in [0.05, 0.1) is 19.5 Å². The van der Waals surface area contributed by atoms with Crippen molar-refractivity contribution in [2.24, 2.45) is 0 Å². The van der Waals surface area contributed by atoms with Crippen LogP contribution < -0.4 is 0 Å². The zero-order chi connectivity index (χ0) is 21.7. The van der Waals surface area contributed by atoms with E-state index in [0.717, 1.165) is 33.4 Å². The highest BCUT2D eigenvalue weighted by Crippen LogP contribution is 2.41. The first kappa shape index (κ1) is 23.9. The third kappa shape index (κ3) is 5.82. The number of alkyl halides is 4. The Labute approximate surface area is 190 Å². The van der Waals surface area contributed by atoms with Crippen molar-refractivity contribution in [1.82, 2.24) is 0 Å². The molecule has 0 nitrogen and oxygen atoms in total. The van der Waals surface area contributed by atoms with Gasteiger partial charge >= 0.3 is 0 Å². The molecule has 0 heterocycles. The number of hydrogen-bond acceptors (Lipinski definition) is 0. The van der Waals surface area contributed by atoms with Gasteiger partial charge in [0.15, 0.2) is 0 Å². The summed E-state index contributed by atoms with van der Waals surface area (Å²) in [7, 11) is 0. The molecular weight excluding hydrogens is 430 g/mol. The molecule has 2 rings (SSSR count). The van der Waals surface area contributed by atoms with Crippen molar-refractivity contribution in [3.63, 3.8) is 0 Å². The average Bonchev–Trinajstić information content (AvgIpc) is 2.50. The summed E-state index contributed by atoms with van der Waals surface area (Å²) in [5.41, 5.74) is 6.21. The van der Waals surface area contributed by atoms with Crippen LogP contribution in [0.15, 0.2) is 36.4 Å². The van der Waals surface area contributed by atoms with E-state index < -0.39 is 19.5 Å². The molecule has 4 heteroatoms. The molecule has 0 radical (unpaired) electrons. The van der Waals surface area contributed by atoms with E-state index >= 15 is 0 Å². The van der Waals surface area contributed by atoms with Crippen molar-refractivity contribution >= 4 is 46.4 Å². The average molecular weight is 460 g/mol. The van der Waals surface area contributed by atoms with Crippen LogP contribution in [-0.2, 0) is 19.5 Å². The molecule has 0 aliphatic carbocycles. The van der Waals surface area contributed by atoms with Gasteiger partial charge in [-0.05, 0) is 113 Å². The van der Waals surface area contributed by atoms with Crippen molar-refractivity contribution in [2.45, 2.75) is 74.9 Å². The van der Waals surface area contributed by atoms with E-state index in [1.807, 2.05) is 55.4 Å². The minimum Gasteiger partial charge on any atom is -0.115 e. The Morgan fingerprint density at radius 3 is 0.714 bits per heavy atom. The highest BCUT2D eigenvalue weighted by molar-refractivity contribution is 6.25. The maximum Gasteiger partial charge on any atom is 0.0639 e. The van der Waals surface area contributed by atoms with Gasteiger partial charge in [-0.3, -0.25) is 0 Å². The molecule has 2 aromatic rings. The Morgan fingerprint density at radius 1 is 0.393 bits per heavy atom. The Morgan fingerprint density at radius 2 is 0.571 bits per heavy atom. The van der Waals surface area contributed by atoms with Crippen LogP contribution in [0.1, 0.15) is 77.6 Å². The normalized spacial score (nSPS) is 13.7. The fourth-order valence-corrected chi connectivity index (χ4v) is 3.40. The monoisotopic (exact) mass is 458 g/mol. The third-order valence-electron chi connectivity index (χ3n) is 4.95. The molecule has 0 amide bonds. The van der Waals surface area contributed by atoms with E-state index in [1.165, 1.54) is 0 Å². The van der Waals surface area contributed by atoms with Crippen molar-refractivity contribution in [2.75, 3.05) is 0 Å². The van der Waals surface area contributed by atoms with Crippen LogP contribution in [0.25, 0.3) is 11.1 Å². The van der Waals surface area contributed by atoms with E-state index in [0.29, 0.717) is 0 Å². The van der Waals surface area contributed by atoms with Crippen LogP contribution in [0, 0.1) is 0 Å². The maximum absolute atomic E-state index is 6.66. The molecule has 28 heavy (non-hydrogen) atoms. The maximum atomic E-state index is 6.66. The first-order chi connectivity index (χ1) is 12.4. The van der Waals surface area contributed by atoms with Gasteiger partial charge in [0.1, 0.15) is 0 Å². The Balaban J connectivity index is 2.83. The van der Waals surface area contributed by atoms with Gasteiger partial charge < -0.3 is 0 Å². The van der Waals surface area contributed by atoms with Gasteiger partial charge in [0, 0.05) is 0 Å². The molecule has 0 unspecified atom stereocenters. The summed E-state index contributed by atoms with van der Waals surface area (Å²) in [6.45, 7) is 15.9. The van der Waals surface area contributed by atoms with Crippen molar-refractivity contribution in [1.29, 1.82) is 0 Å². The van der Waals surface area contributed by atoms with Gasteiger partial charge in [-0.25, -0.2) is 0 Å². The Bertz CT molecular complexity index is 716. The first-order valence-corrected chi connectivity index (χ1v) is 11.0. The predicted molar refractivity (Wildman–Crippen MR) is 127 cm³/mol. The summed E-state index contributed by atoms with van der Waals surface area (Å²) in [4.78, 5) is -2.04. The molecule has 0 aromatic heterocycles. The lowest BCUT2D eigenvalue weighted by Gasteiger charge is -2.26. The van der Waals surface area contributed by atoms with E-state index in [9.17, 15) is 0 Å². The molecule has 0 spiro atoms. The molecule has 2 aromatic carbocycles. The quantitative estimate of drug-likeness (QED) is 0.390. The lowest BCUT2D eigenvalue weighted by Crippen LogP contribution is -2.14. The molecular formula is C24H30Cl4. The lowest BCUT2D eigenvalue weighted by molar-refractivity contribution is 0.734. The van der Waals surface area contributed by atoms with Gasteiger partial charge in [-0.15, -0.1) is 46.4 Å². The molecule has 0 bridgehead atoms. The van der Waals surface area contributed by atoms with Crippen LogP contribution in [-0.4, -0.2) is 0 Å². The van der Waals surface area contributed by atoms with Crippen LogP contribution >= 0.6 is 46.4 Å². The minimum atomic E-state index is -0.509. The van der Waals surface area contributed by atoms with Crippen LogP contribution in [0.4, 0.5) is 0 Å². The summed E-state index contributed by atoms with van der Waals surface area (Å²) in [6.07, 6.45) is 0. The van der Waals surface area contributed by atoms with Gasteiger partial charge in [-0.1, -0.05) is 12.1 Å². The first-order valence-electron chi connectivity index (χ1n) is 9.47. The zero-order valence-electron chi connectivity index (χ0n) is 18.0. The standard InChI is InChI=1S/C24H30Cl4/c1-21(2,25)17-9-15(10-18(13-17)22(3,4)26)16-11-19(23(5,6)27)14-20(12-16)24(7,8)28/h9-14H,1-8H3. The molecule has 154 valence electrons. The predicted octanol–water partition coefficient (Wildman–Crippen LogP) is 9.25. The van der Waals surface area contributed by atoms with Gasteiger partial charge in [0.2, 0.25) is 0 Å². The van der Waals surface area contributed by atoms with Crippen LogP contribution in [0.5, 0.6) is 0 Å². The van der Waals surface area contributed by atoms with E-state index in [2.05, 4.69) is 36.4 Å². The molecule has 0 aliphatic rings. The summed E-state index contributed by atoms with van der Waals surface area (Å²) in [6, 6.07) is 12.7. The summed E-state index contributed by atoms with van der Waals surface area (Å²) >= 11 is 26.6.